The molecular formula is C24H22N2O10S4. The summed E-state index contributed by atoms with van der Waals surface area (Å²) in [5.41, 5.74) is 11.2. The van der Waals surface area contributed by atoms with Crippen LogP contribution in [0.25, 0.3) is 5.57 Å². The van der Waals surface area contributed by atoms with Gasteiger partial charge in [0, 0.05) is 12.0 Å². The molecule has 40 heavy (non-hydrogen) atoms. The molecule has 4 rings (SSSR count). The monoisotopic (exact) mass is 626 g/mol. The lowest BCUT2D eigenvalue weighted by Crippen LogP contribution is -2.47. The highest BCUT2D eigenvalue weighted by atomic mass is 32.2. The highest BCUT2D eigenvalue weighted by Gasteiger charge is 2.30. The van der Waals surface area contributed by atoms with Crippen LogP contribution < -0.4 is 11.5 Å². The Bertz CT molecular complexity index is 2030. The van der Waals surface area contributed by atoms with Crippen molar-refractivity contribution in [2.75, 3.05) is 0 Å². The van der Waals surface area contributed by atoms with Crippen LogP contribution in [0.2, 0.25) is 0 Å². The van der Waals surface area contributed by atoms with E-state index in [0.717, 1.165) is 18.2 Å². The molecule has 0 saturated heterocycles. The molecule has 0 aliphatic heterocycles. The molecular weight excluding hydrogens is 605 g/mol. The minimum atomic E-state index is -5.12. The summed E-state index contributed by atoms with van der Waals surface area (Å²) in [4.78, 5) is -4.47. The summed E-state index contributed by atoms with van der Waals surface area (Å²) in [6.07, 6.45) is 4.79. The quantitative estimate of drug-likeness (QED) is 0.217. The molecule has 0 amide bonds. The first-order valence-corrected chi connectivity index (χ1v) is 16.9. The Balaban J connectivity index is 1.94. The predicted molar refractivity (Wildman–Crippen MR) is 143 cm³/mol. The van der Waals surface area contributed by atoms with Gasteiger partial charge < -0.3 is 11.5 Å². The Labute approximate surface area is 231 Å². The van der Waals surface area contributed by atoms with Crippen molar-refractivity contribution in [2.24, 2.45) is 11.5 Å². The predicted octanol–water partition coefficient (Wildman–Crippen LogP) is 1.80. The Morgan fingerprint density at radius 1 is 0.625 bits per heavy atom. The standard InChI is InChI=1S/C24H22N2O10S4/c25-24(26)10-8-16(9-11-24)22-6-1-2-7-23(22)38(29,30)20-13-19(14-21(15-20)40(34,35)36)37(27,28)17-4-3-5-18(12-17)39(31,32)33/h1-10,12-15H,11,25-26H2,(H,31,32,33)(H,34,35,36). The van der Waals surface area contributed by atoms with E-state index in [0.29, 0.717) is 29.8 Å². The molecule has 1 aliphatic rings. The number of nitrogens with two attached hydrogens (primary N) is 2. The normalized spacial score (nSPS) is 15.9. The van der Waals surface area contributed by atoms with Gasteiger partial charge in [0.2, 0.25) is 19.7 Å². The maximum atomic E-state index is 13.8. The maximum Gasteiger partial charge on any atom is 0.294 e. The molecule has 0 spiro atoms. The van der Waals surface area contributed by atoms with E-state index in [-0.39, 0.29) is 16.9 Å². The lowest BCUT2D eigenvalue weighted by molar-refractivity contribution is 0.480. The average molecular weight is 627 g/mol. The number of hydrogen-bond acceptors (Lipinski definition) is 10. The number of sulfone groups is 2. The Morgan fingerprint density at radius 2 is 1.15 bits per heavy atom. The van der Waals surface area contributed by atoms with Crippen LogP contribution in [0.5, 0.6) is 0 Å². The zero-order valence-corrected chi connectivity index (χ0v) is 23.5. The van der Waals surface area contributed by atoms with Crippen LogP contribution in [0.4, 0.5) is 0 Å². The minimum Gasteiger partial charge on any atom is -0.310 e. The van der Waals surface area contributed by atoms with Gasteiger partial charge in [-0.15, -0.1) is 0 Å². The van der Waals surface area contributed by atoms with E-state index in [4.69, 9.17) is 11.5 Å². The fourth-order valence-corrected chi connectivity index (χ4v) is 8.18. The van der Waals surface area contributed by atoms with Gasteiger partial charge >= 0.3 is 0 Å². The molecule has 0 saturated carbocycles. The minimum absolute atomic E-state index is 0.177. The third-order valence-corrected chi connectivity index (χ3v) is 11.1. The number of hydrogen-bond donors (Lipinski definition) is 4. The fourth-order valence-electron chi connectivity index (χ4n) is 3.88. The molecule has 0 aromatic heterocycles. The highest BCUT2D eigenvalue weighted by Crippen LogP contribution is 2.35. The van der Waals surface area contributed by atoms with E-state index in [1.165, 1.54) is 30.4 Å². The van der Waals surface area contributed by atoms with Crippen molar-refractivity contribution in [2.45, 2.75) is 41.5 Å². The SMILES string of the molecule is NC1(N)C=CC(c2ccccc2S(=O)(=O)c2cc(S(=O)(=O)O)cc(S(=O)(=O)c3cccc(S(=O)(=O)O)c3)c2)=CC1. The van der Waals surface area contributed by atoms with Gasteiger partial charge in [-0.05, 0) is 54.1 Å². The van der Waals surface area contributed by atoms with Crippen molar-refractivity contribution in [3.8, 4) is 0 Å². The van der Waals surface area contributed by atoms with Gasteiger partial charge in [0.1, 0.15) is 0 Å². The Morgan fingerprint density at radius 3 is 1.73 bits per heavy atom. The van der Waals surface area contributed by atoms with Gasteiger partial charge in [0.15, 0.2) is 0 Å². The van der Waals surface area contributed by atoms with E-state index in [9.17, 15) is 42.8 Å². The van der Waals surface area contributed by atoms with Crippen LogP contribution in [0.3, 0.4) is 0 Å². The summed E-state index contributed by atoms with van der Waals surface area (Å²) in [5, 5.41) is 0. The zero-order chi connectivity index (χ0) is 29.7. The molecule has 0 radical (unpaired) electrons. The largest absolute Gasteiger partial charge is 0.310 e. The first-order chi connectivity index (χ1) is 18.3. The molecule has 3 aromatic carbocycles. The van der Waals surface area contributed by atoms with E-state index in [1.54, 1.807) is 12.1 Å². The third kappa shape index (κ3) is 5.93. The number of rotatable bonds is 7. The summed E-state index contributed by atoms with van der Waals surface area (Å²) in [5.74, 6) is 0. The van der Waals surface area contributed by atoms with Crippen LogP contribution in [0, 0.1) is 0 Å². The molecule has 1 aliphatic carbocycles. The van der Waals surface area contributed by atoms with Gasteiger partial charge in [-0.3, -0.25) is 9.11 Å². The van der Waals surface area contributed by atoms with Crippen molar-refractivity contribution in [3.63, 3.8) is 0 Å². The van der Waals surface area contributed by atoms with E-state index in [2.05, 4.69) is 0 Å². The second-order valence-corrected chi connectivity index (χ2v) is 15.6. The van der Waals surface area contributed by atoms with Gasteiger partial charge in [-0.1, -0.05) is 36.4 Å². The van der Waals surface area contributed by atoms with Gasteiger partial charge in [0.05, 0.1) is 35.0 Å². The number of allylic oxidation sites excluding steroid dienone is 2. The maximum absolute atomic E-state index is 13.8. The molecule has 16 heteroatoms. The smallest absolute Gasteiger partial charge is 0.294 e. The van der Waals surface area contributed by atoms with E-state index in [1.807, 2.05) is 0 Å². The summed E-state index contributed by atoms with van der Waals surface area (Å²) < 4.78 is 121. The Kier molecular flexibility index (Phi) is 7.44. The van der Waals surface area contributed by atoms with Crippen molar-refractivity contribution >= 4 is 45.5 Å². The van der Waals surface area contributed by atoms with Crippen molar-refractivity contribution in [1.82, 2.24) is 0 Å². The van der Waals surface area contributed by atoms with Crippen LogP contribution in [0.1, 0.15) is 12.0 Å². The molecule has 0 bridgehead atoms. The van der Waals surface area contributed by atoms with Crippen molar-refractivity contribution in [1.29, 1.82) is 0 Å². The lowest BCUT2D eigenvalue weighted by atomic mass is 9.94. The average Bonchev–Trinajstić information content (AvgIpc) is 2.87. The molecule has 3 aromatic rings. The second-order valence-electron chi connectivity index (χ2n) is 8.88. The van der Waals surface area contributed by atoms with Gasteiger partial charge in [-0.2, -0.15) is 16.8 Å². The van der Waals surface area contributed by atoms with E-state index >= 15 is 0 Å². The van der Waals surface area contributed by atoms with Crippen LogP contribution in [-0.2, 0) is 39.9 Å². The first kappa shape index (κ1) is 29.8. The van der Waals surface area contributed by atoms with Crippen molar-refractivity contribution < 1.29 is 42.8 Å². The third-order valence-electron chi connectivity index (χ3n) is 5.92. The van der Waals surface area contributed by atoms with Crippen LogP contribution in [-0.4, -0.2) is 48.4 Å². The molecule has 12 nitrogen and oxygen atoms in total. The Hall–Kier alpha value is -3.22. The molecule has 0 fully saturated rings. The molecule has 0 atom stereocenters. The summed E-state index contributed by atoms with van der Waals surface area (Å²) in [6, 6.07) is 11.0. The summed E-state index contributed by atoms with van der Waals surface area (Å²) in [7, 11) is -19.4. The molecule has 0 heterocycles. The zero-order valence-electron chi connectivity index (χ0n) is 20.2. The number of benzene rings is 3. The second kappa shape index (κ2) is 10.0. The first-order valence-electron chi connectivity index (χ1n) is 11.1. The van der Waals surface area contributed by atoms with Gasteiger partial charge in [-0.25, -0.2) is 16.8 Å². The lowest BCUT2D eigenvalue weighted by Gasteiger charge is -2.23. The van der Waals surface area contributed by atoms with E-state index < -0.39 is 70.1 Å². The fraction of sp³-hybridized carbons (Fsp3) is 0.0833. The highest BCUT2D eigenvalue weighted by molar-refractivity contribution is 7.92. The van der Waals surface area contributed by atoms with Crippen LogP contribution in [0.15, 0.2) is 114 Å². The molecule has 6 N–H and O–H groups in total. The van der Waals surface area contributed by atoms with Crippen LogP contribution >= 0.6 is 0 Å². The summed E-state index contributed by atoms with van der Waals surface area (Å²) >= 11 is 0. The topological polar surface area (TPSA) is 229 Å². The molecule has 0 unspecified atom stereocenters. The molecule has 212 valence electrons. The summed E-state index contributed by atoms with van der Waals surface area (Å²) in [6.45, 7) is 0. The van der Waals surface area contributed by atoms with Gasteiger partial charge in [0.25, 0.3) is 20.2 Å². The van der Waals surface area contributed by atoms with Crippen molar-refractivity contribution in [3.05, 3.63) is 90.5 Å².